The van der Waals surface area contributed by atoms with Crippen molar-refractivity contribution in [2.24, 2.45) is 0 Å². The molecule has 10 aromatic rings. The van der Waals surface area contributed by atoms with E-state index in [1.54, 1.807) is 42.5 Å². The van der Waals surface area contributed by atoms with Crippen LogP contribution in [0.15, 0.2) is 72.8 Å². The summed E-state index contributed by atoms with van der Waals surface area (Å²) in [7, 11) is 7.84. The van der Waals surface area contributed by atoms with Crippen LogP contribution in [0.3, 0.4) is 0 Å². The topological polar surface area (TPSA) is 478 Å². The van der Waals surface area contributed by atoms with E-state index in [0.29, 0.717) is 139 Å². The first kappa shape index (κ1) is 75.1. The first-order chi connectivity index (χ1) is 50.9. The lowest BCUT2D eigenvalue weighted by molar-refractivity contribution is -0.672. The third kappa shape index (κ3) is 18.6. The van der Waals surface area contributed by atoms with Crippen molar-refractivity contribution in [2.75, 3.05) is 121 Å². The number of halogens is 1. The maximum atomic E-state index is 12.4. The Hall–Kier alpha value is -12.1. The van der Waals surface area contributed by atoms with Crippen molar-refractivity contribution in [3.05, 3.63) is 158 Å². The van der Waals surface area contributed by atoms with Gasteiger partial charge in [0, 0.05) is 36.5 Å². The second-order valence-electron chi connectivity index (χ2n) is 25.6. The predicted octanol–water partition coefficient (Wildman–Crippen LogP) is 5.15. The molecule has 0 bridgehead atoms. The van der Waals surface area contributed by atoms with E-state index in [1.165, 1.54) is 19.1 Å². The van der Waals surface area contributed by atoms with Crippen LogP contribution in [0.25, 0.3) is 44.1 Å². The number of hydrogen-bond donors (Lipinski definition) is 5. The third-order valence-electron chi connectivity index (χ3n) is 17.1. The Morgan fingerprint density at radius 1 is 0.481 bits per heavy atom. The van der Waals surface area contributed by atoms with Crippen LogP contribution in [-0.2, 0) is 43.3 Å². The number of aromatic nitrogens is 12. The van der Waals surface area contributed by atoms with E-state index in [9.17, 15) is 51.1 Å². The van der Waals surface area contributed by atoms with Gasteiger partial charge in [-0.3, -0.25) is 30.3 Å². The van der Waals surface area contributed by atoms with Crippen molar-refractivity contribution in [3.8, 4) is 34.5 Å². The maximum Gasteiger partial charge on any atom is 0.461 e. The Kier molecular flexibility index (Phi) is 24.1. The van der Waals surface area contributed by atoms with Gasteiger partial charge in [-0.15, -0.1) is 0 Å². The monoisotopic (exact) mass is 1480 g/mol. The third-order valence-corrected chi connectivity index (χ3v) is 17.3. The summed E-state index contributed by atoms with van der Waals surface area (Å²) in [5, 5.41) is 104. The lowest BCUT2D eigenvalue weighted by Crippen LogP contribution is -2.45. The van der Waals surface area contributed by atoms with Gasteiger partial charge in [-0.05, 0) is 201 Å². The second kappa shape index (κ2) is 34.0. The number of hydrogen-bond acceptors (Lipinski definition) is 29. The molecule has 6 aromatic carbocycles. The van der Waals surface area contributed by atoms with Crippen molar-refractivity contribution >= 4 is 102 Å². The number of nitro benzene ring substituents is 2. The summed E-state index contributed by atoms with van der Waals surface area (Å²) < 4.78 is 33.4. The molecule has 38 heteroatoms. The van der Waals surface area contributed by atoms with Gasteiger partial charge in [-0.25, -0.2) is 19.7 Å². The maximum absolute atomic E-state index is 12.4. The number of ether oxygens (including phenoxy) is 6. The van der Waals surface area contributed by atoms with Gasteiger partial charge in [0.1, 0.15) is 62.4 Å². The zero-order chi connectivity index (χ0) is 75.3. The first-order valence-corrected chi connectivity index (χ1v) is 34.5. The molecule has 10 heterocycles. The molecule has 0 saturated heterocycles. The number of nitrogens with two attached hydrogens (primary N) is 2. The second-order valence-corrected chi connectivity index (χ2v) is 25.9. The molecular formula is C68H78ClN21O16. The number of nitrogens with one attached hydrogen (secondary N) is 3. The minimum absolute atomic E-state index is 0.0147. The summed E-state index contributed by atoms with van der Waals surface area (Å²) in [4.78, 5) is 50.0. The summed E-state index contributed by atoms with van der Waals surface area (Å²) in [5.41, 5.74) is 20.7. The lowest BCUT2D eigenvalue weighted by atomic mass is 10.0. The summed E-state index contributed by atoms with van der Waals surface area (Å²) >= 11 is 5.63. The molecule has 0 unspecified atom stereocenters. The van der Waals surface area contributed by atoms with Crippen LogP contribution < -0.4 is 79.9 Å². The van der Waals surface area contributed by atoms with Crippen LogP contribution in [0.2, 0.25) is 5.28 Å². The molecule has 0 aliphatic carbocycles. The molecule has 0 saturated carbocycles. The SMILES string of the molecule is CC(=O)Nc1cc2c(cc1[N+](=O)[O-])OCCC2.CN(C)CCNc1n[n+]([O-])c2cc3c(cc2[n+]1[O-])CCCO3.CN(C)CCNc1nc2cc3c(cc2[n+]([O-])n1)OCCC3.Nc1cc2c(cc1[N+](=O)[O-])OCCC2.Nc1nc2cc3c(cc2[n+]([O-])n1)OCCC3.[O-][n+]1nc(Cl)nc2cc3c(cc21)OCCC3. The number of aryl methyl sites for hydroxylation is 6. The van der Waals surface area contributed by atoms with Crippen LogP contribution in [0.4, 0.5) is 40.6 Å². The quantitative estimate of drug-likeness (QED) is 0.0367. The van der Waals surface area contributed by atoms with Gasteiger partial charge in [0.05, 0.1) is 103 Å². The fraction of sp³-hybridized carbons (Fsp3) is 0.397. The average Bonchev–Trinajstić information content (AvgIpc) is 0.751. The number of nitrogen functional groups attached to an aromatic ring is 2. The summed E-state index contributed by atoms with van der Waals surface area (Å²) in [6.07, 6.45) is 11.0. The number of nitrogens with zero attached hydrogens (tertiary/aromatic N) is 16. The van der Waals surface area contributed by atoms with Gasteiger partial charge < -0.3 is 86.4 Å². The van der Waals surface area contributed by atoms with Gasteiger partial charge in [0.25, 0.3) is 45.1 Å². The number of likely N-dealkylation sites (N-methyl/N-ethyl adjacent to an activating group) is 2. The molecule has 6 aliphatic rings. The van der Waals surface area contributed by atoms with Gasteiger partial charge in [-0.1, -0.05) is 0 Å². The van der Waals surface area contributed by atoms with E-state index in [4.69, 9.17) is 51.5 Å². The molecule has 6 aliphatic heterocycles. The Labute approximate surface area is 609 Å². The highest BCUT2D eigenvalue weighted by atomic mass is 35.5. The Morgan fingerprint density at radius 3 is 1.34 bits per heavy atom. The van der Waals surface area contributed by atoms with Gasteiger partial charge in [0.2, 0.25) is 11.0 Å². The van der Waals surface area contributed by atoms with E-state index in [2.05, 4.69) is 51.3 Å². The number of amides is 1. The van der Waals surface area contributed by atoms with Gasteiger partial charge >= 0.3 is 11.5 Å². The van der Waals surface area contributed by atoms with Crippen LogP contribution in [0.1, 0.15) is 78.8 Å². The van der Waals surface area contributed by atoms with Gasteiger partial charge in [-0.2, -0.15) is 0 Å². The fourth-order valence-corrected chi connectivity index (χ4v) is 12.2. The molecule has 0 radical (unpaired) electrons. The Morgan fingerprint density at radius 2 is 0.868 bits per heavy atom. The highest BCUT2D eigenvalue weighted by Gasteiger charge is 2.27. The smallest absolute Gasteiger partial charge is 0.461 e. The van der Waals surface area contributed by atoms with Crippen LogP contribution >= 0.6 is 11.6 Å². The Balaban J connectivity index is 0.000000128. The normalized spacial score (nSPS) is 14.1. The number of carbonyl (C=O) groups excluding carboxylic acids is 1. The zero-order valence-corrected chi connectivity index (χ0v) is 59.5. The number of fused-ring (bicyclic) bond motifs is 10. The molecule has 106 heavy (non-hydrogen) atoms. The van der Waals surface area contributed by atoms with Crippen LogP contribution in [0, 0.1) is 46.3 Å². The molecule has 37 nitrogen and oxygen atoms in total. The molecular weight excluding hydrogens is 1400 g/mol. The lowest BCUT2D eigenvalue weighted by Gasteiger charge is -2.18. The van der Waals surface area contributed by atoms with Crippen molar-refractivity contribution < 1.29 is 67.2 Å². The van der Waals surface area contributed by atoms with Crippen molar-refractivity contribution in [1.29, 1.82) is 0 Å². The van der Waals surface area contributed by atoms with E-state index in [0.717, 1.165) is 141 Å². The minimum Gasteiger partial charge on any atom is -0.739 e. The number of nitro groups is 2. The van der Waals surface area contributed by atoms with E-state index in [-0.39, 0.29) is 51.4 Å². The molecule has 0 atom stereocenters. The molecule has 0 fully saturated rings. The minimum atomic E-state index is -0.524. The van der Waals surface area contributed by atoms with Crippen LogP contribution in [-0.4, -0.2) is 155 Å². The molecule has 7 N–H and O–H groups in total. The zero-order valence-electron chi connectivity index (χ0n) is 58.7. The van der Waals surface area contributed by atoms with Gasteiger partial charge in [0.15, 0.2) is 5.52 Å². The van der Waals surface area contributed by atoms with E-state index < -0.39 is 9.85 Å². The number of anilines is 5. The van der Waals surface area contributed by atoms with Crippen molar-refractivity contribution in [3.63, 3.8) is 0 Å². The fourth-order valence-electron chi connectivity index (χ4n) is 12.0. The highest BCUT2D eigenvalue weighted by Crippen LogP contribution is 2.37. The Bertz CT molecular complexity index is 4850. The molecule has 558 valence electrons. The predicted molar refractivity (Wildman–Crippen MR) is 386 cm³/mol. The number of carbonyl (C=O) groups is 1. The first-order valence-electron chi connectivity index (χ1n) is 34.1. The van der Waals surface area contributed by atoms with E-state index in [1.807, 2.05) is 56.2 Å². The number of benzene rings is 6. The van der Waals surface area contributed by atoms with Crippen molar-refractivity contribution in [2.45, 2.75) is 84.0 Å². The summed E-state index contributed by atoms with van der Waals surface area (Å²) in [5.74, 6) is 4.09. The van der Waals surface area contributed by atoms with E-state index >= 15 is 0 Å². The molecule has 4 aromatic heterocycles. The van der Waals surface area contributed by atoms with Crippen LogP contribution in [0.5, 0.6) is 34.5 Å². The molecule has 0 spiro atoms. The summed E-state index contributed by atoms with van der Waals surface area (Å²) in [6.45, 7) is 8.01. The molecule has 1 amide bonds. The summed E-state index contributed by atoms with van der Waals surface area (Å²) in [6, 6.07) is 20.1. The van der Waals surface area contributed by atoms with Crippen molar-refractivity contribution in [1.82, 2.24) is 45.1 Å². The average molecular weight is 1480 g/mol. The highest BCUT2D eigenvalue weighted by molar-refractivity contribution is 6.28. The number of rotatable bonds is 11. The largest absolute Gasteiger partial charge is 0.739 e. The molecule has 16 rings (SSSR count). The standard InChI is InChI=1S/C14H19N5O3.C14H19N5O2.C11H12N2O4.C10H8ClN3O2.C10H10N4O2.C9H10N2O3/c1-17(2)6-5-15-14-16-19(21)12-9-13-10(4-3-7-22-13)8-11(12)18(14)20;1-18(2)6-5-15-14-16-11-8-10-4-3-7-21-13(10)9-12(11)19(20)17-14;1-7(14)12-9-5-8-3-2-4-17-11(8)6-10(9)13(15)16;2*11-10-12-7-4-6-2-1-3-16-9(6)5-8(7)14(15)13-10;10-7-4-6-2-1-3-14-9(6)5-8(7)11(12)13/h8-9H,3-7H2,1-2H3,(H,15,16);8-9H,3-7H2,1-2H3,(H,15,16,17);5-6H,2-4H2,1H3,(H,12,14);4-5H,1-3H2;4-5H,1-3H2,(H2,11,12,13);4-5H,1-3,10H2.